The van der Waals surface area contributed by atoms with Gasteiger partial charge in [0, 0.05) is 11.0 Å². The van der Waals surface area contributed by atoms with Crippen LogP contribution in [0.2, 0.25) is 0 Å². The van der Waals surface area contributed by atoms with Gasteiger partial charge in [-0.1, -0.05) is 40.5 Å². The Kier molecular flexibility index (Phi) is 6.99. The van der Waals surface area contributed by atoms with Crippen LogP contribution in [0.15, 0.2) is 33.7 Å². The molecule has 3 nitrogen and oxygen atoms in total. The third-order valence-corrected chi connectivity index (χ3v) is 3.95. The van der Waals surface area contributed by atoms with Crippen molar-refractivity contribution in [1.29, 1.82) is 0 Å². The second-order valence-corrected chi connectivity index (χ2v) is 5.33. The Hall–Kier alpha value is -0.300. The highest BCUT2D eigenvalue weighted by molar-refractivity contribution is 14.0. The van der Waals surface area contributed by atoms with Crippen LogP contribution >= 0.6 is 39.9 Å². The third-order valence-electron chi connectivity index (χ3n) is 3.17. The van der Waals surface area contributed by atoms with E-state index in [0.717, 1.165) is 22.5 Å². The minimum atomic E-state index is 0. The van der Waals surface area contributed by atoms with Crippen molar-refractivity contribution in [3.63, 3.8) is 0 Å². The van der Waals surface area contributed by atoms with Crippen LogP contribution in [0.1, 0.15) is 24.8 Å². The fourth-order valence-electron chi connectivity index (χ4n) is 1.80. The zero-order valence-electron chi connectivity index (χ0n) is 10.2. The van der Waals surface area contributed by atoms with Crippen LogP contribution in [0.4, 0.5) is 0 Å². The molecule has 0 heterocycles. The van der Waals surface area contributed by atoms with Crippen LogP contribution in [0, 0.1) is 5.92 Å². The van der Waals surface area contributed by atoms with Crippen molar-refractivity contribution in [2.24, 2.45) is 16.6 Å². The van der Waals surface area contributed by atoms with Crippen LogP contribution in [0.3, 0.4) is 0 Å². The molecule has 18 heavy (non-hydrogen) atoms. The molecule has 0 spiro atoms. The number of hydrogen-bond acceptors (Lipinski definition) is 1. The van der Waals surface area contributed by atoms with E-state index in [-0.39, 0.29) is 24.0 Å². The van der Waals surface area contributed by atoms with E-state index in [1.807, 2.05) is 24.3 Å². The highest BCUT2D eigenvalue weighted by atomic mass is 127. The van der Waals surface area contributed by atoms with Crippen LogP contribution < -0.4 is 11.1 Å². The molecule has 3 N–H and O–H groups in total. The molecule has 100 valence electrons. The summed E-state index contributed by atoms with van der Waals surface area (Å²) >= 11 is 3.50. The normalized spacial score (nSPS) is 15.7. The average Bonchev–Trinajstić information content (AvgIpc) is 2.26. The van der Waals surface area contributed by atoms with Crippen molar-refractivity contribution in [3.05, 3.63) is 34.3 Å². The number of nitrogens with one attached hydrogen (secondary N) is 1. The number of benzene rings is 1. The van der Waals surface area contributed by atoms with Crippen LogP contribution in [-0.4, -0.2) is 12.5 Å². The molecule has 1 saturated carbocycles. The van der Waals surface area contributed by atoms with E-state index < -0.39 is 0 Å². The van der Waals surface area contributed by atoms with Gasteiger partial charge in [-0.05, 0) is 30.4 Å². The smallest absolute Gasteiger partial charge is 0.188 e. The number of aliphatic imine (C=N–C) groups is 1. The Balaban J connectivity index is 0.00000162. The second-order valence-electron chi connectivity index (χ2n) is 4.47. The first kappa shape index (κ1) is 15.8. The predicted octanol–water partition coefficient (Wildman–Crippen LogP) is 3.27. The first-order valence-corrected chi connectivity index (χ1v) is 6.82. The van der Waals surface area contributed by atoms with Crippen LogP contribution in [-0.2, 0) is 6.54 Å². The van der Waals surface area contributed by atoms with E-state index in [1.54, 1.807) is 0 Å². The summed E-state index contributed by atoms with van der Waals surface area (Å²) in [6.07, 6.45) is 4.01. The fourth-order valence-corrected chi connectivity index (χ4v) is 2.21. The van der Waals surface area contributed by atoms with Gasteiger partial charge in [0.25, 0.3) is 0 Å². The van der Waals surface area contributed by atoms with Crippen molar-refractivity contribution in [1.82, 2.24) is 5.32 Å². The summed E-state index contributed by atoms with van der Waals surface area (Å²) < 4.78 is 1.08. The lowest BCUT2D eigenvalue weighted by atomic mass is 9.85. The molecule has 1 aromatic carbocycles. The third kappa shape index (κ3) is 4.76. The maximum atomic E-state index is 5.82. The first-order chi connectivity index (χ1) is 8.25. The van der Waals surface area contributed by atoms with Gasteiger partial charge in [0.1, 0.15) is 0 Å². The van der Waals surface area contributed by atoms with E-state index >= 15 is 0 Å². The van der Waals surface area contributed by atoms with Gasteiger partial charge in [-0.3, -0.25) is 0 Å². The molecule has 2 rings (SSSR count). The minimum Gasteiger partial charge on any atom is -0.370 e. The summed E-state index contributed by atoms with van der Waals surface area (Å²) in [6.45, 7) is 1.58. The number of guanidine groups is 1. The number of hydrogen-bond donors (Lipinski definition) is 2. The molecule has 0 atom stereocenters. The van der Waals surface area contributed by atoms with Crippen molar-refractivity contribution in [2.45, 2.75) is 25.8 Å². The lowest BCUT2D eigenvalue weighted by Gasteiger charge is -2.25. The Morgan fingerprint density at radius 3 is 2.72 bits per heavy atom. The summed E-state index contributed by atoms with van der Waals surface area (Å²) in [5, 5.41) is 3.19. The number of halogens is 2. The molecule has 1 aliphatic carbocycles. The monoisotopic (exact) mass is 423 g/mol. The van der Waals surface area contributed by atoms with E-state index in [9.17, 15) is 0 Å². The molecule has 0 aromatic heterocycles. The van der Waals surface area contributed by atoms with Crippen molar-refractivity contribution in [3.8, 4) is 0 Å². The molecule has 5 heteroatoms. The van der Waals surface area contributed by atoms with Gasteiger partial charge in [0.05, 0.1) is 6.54 Å². The molecule has 1 aliphatic rings. The zero-order valence-corrected chi connectivity index (χ0v) is 14.1. The summed E-state index contributed by atoms with van der Waals surface area (Å²) in [7, 11) is 0. The van der Waals surface area contributed by atoms with Crippen LogP contribution in [0.25, 0.3) is 0 Å². The quantitative estimate of drug-likeness (QED) is 0.443. The Labute approximate surface area is 134 Å². The molecular weight excluding hydrogens is 405 g/mol. The molecule has 0 saturated heterocycles. The van der Waals surface area contributed by atoms with E-state index in [0.29, 0.717) is 12.5 Å². The molecule has 0 amide bonds. The highest BCUT2D eigenvalue weighted by Gasteiger charge is 2.16. The largest absolute Gasteiger partial charge is 0.370 e. The number of rotatable bonds is 4. The van der Waals surface area contributed by atoms with Gasteiger partial charge in [0.2, 0.25) is 0 Å². The molecule has 0 radical (unpaired) electrons. The zero-order chi connectivity index (χ0) is 12.1. The number of nitrogens with zero attached hydrogens (tertiary/aromatic N) is 1. The van der Waals surface area contributed by atoms with Crippen LogP contribution in [0.5, 0.6) is 0 Å². The topological polar surface area (TPSA) is 50.4 Å². The summed E-state index contributed by atoms with van der Waals surface area (Å²) in [5.74, 6) is 1.35. The lowest BCUT2D eigenvalue weighted by Crippen LogP contribution is -2.37. The second kappa shape index (κ2) is 7.99. The van der Waals surface area contributed by atoms with E-state index in [4.69, 9.17) is 5.73 Å². The fraction of sp³-hybridized carbons (Fsp3) is 0.462. The Morgan fingerprint density at radius 2 is 2.11 bits per heavy atom. The molecule has 0 aliphatic heterocycles. The van der Waals surface area contributed by atoms with E-state index in [1.165, 1.54) is 19.3 Å². The predicted molar refractivity (Wildman–Crippen MR) is 90.2 cm³/mol. The maximum absolute atomic E-state index is 5.82. The molecule has 1 fully saturated rings. The van der Waals surface area contributed by atoms with Crippen molar-refractivity contribution >= 4 is 45.9 Å². The SMILES string of the molecule is I.NC(=NCc1ccccc1Br)NCC1CCC1. The van der Waals surface area contributed by atoms with Gasteiger partial charge < -0.3 is 11.1 Å². The summed E-state index contributed by atoms with van der Waals surface area (Å²) in [4.78, 5) is 4.34. The molecular formula is C13H19BrIN3. The molecule has 1 aromatic rings. The minimum absolute atomic E-state index is 0. The van der Waals surface area contributed by atoms with Gasteiger partial charge >= 0.3 is 0 Å². The van der Waals surface area contributed by atoms with Gasteiger partial charge in [-0.15, -0.1) is 24.0 Å². The Bertz CT molecular complexity index is 405. The van der Waals surface area contributed by atoms with Gasteiger partial charge in [-0.25, -0.2) is 4.99 Å². The van der Waals surface area contributed by atoms with Crippen molar-refractivity contribution in [2.75, 3.05) is 6.54 Å². The molecule has 0 bridgehead atoms. The highest BCUT2D eigenvalue weighted by Crippen LogP contribution is 2.25. The van der Waals surface area contributed by atoms with Crippen molar-refractivity contribution < 1.29 is 0 Å². The average molecular weight is 424 g/mol. The lowest BCUT2D eigenvalue weighted by molar-refractivity contribution is 0.315. The molecule has 0 unspecified atom stereocenters. The first-order valence-electron chi connectivity index (χ1n) is 6.03. The Morgan fingerprint density at radius 1 is 1.39 bits per heavy atom. The number of nitrogens with two attached hydrogens (primary N) is 1. The van der Waals surface area contributed by atoms with Gasteiger partial charge in [-0.2, -0.15) is 0 Å². The maximum Gasteiger partial charge on any atom is 0.188 e. The van der Waals surface area contributed by atoms with Gasteiger partial charge in [0.15, 0.2) is 5.96 Å². The summed E-state index contributed by atoms with van der Waals surface area (Å²) in [5.41, 5.74) is 6.98. The standard InChI is InChI=1S/C13H18BrN3.HI/c14-12-7-2-1-6-11(12)9-17-13(15)16-8-10-4-3-5-10;/h1-2,6-7,10H,3-5,8-9H2,(H3,15,16,17);1H. The summed E-state index contributed by atoms with van der Waals surface area (Å²) in [6, 6.07) is 8.07. The van der Waals surface area contributed by atoms with E-state index in [2.05, 4.69) is 26.2 Å².